The van der Waals surface area contributed by atoms with Gasteiger partial charge in [0.05, 0.1) is 25.3 Å². The topological polar surface area (TPSA) is 54.8 Å². The molecule has 0 atom stereocenters. The Labute approximate surface area is 167 Å². The van der Waals surface area contributed by atoms with Crippen molar-refractivity contribution in [3.05, 3.63) is 40.5 Å². The molecule has 0 aromatic carbocycles. The maximum Gasteiger partial charge on any atom is 0.257 e. The smallest absolute Gasteiger partial charge is 0.257 e. The van der Waals surface area contributed by atoms with Crippen LogP contribution in [0, 0.1) is 0 Å². The number of hydrogen-bond donors (Lipinski definition) is 0. The molecule has 27 heavy (non-hydrogen) atoms. The SMILES string of the molecule is CN(CC(=O)N1CCOCC1)C(=O)c1c(-n2cccc2)sc2c1CCSC2. The third-order valence-corrected chi connectivity index (χ3v) is 7.35. The zero-order valence-corrected chi connectivity index (χ0v) is 17.0. The van der Waals surface area contributed by atoms with Gasteiger partial charge >= 0.3 is 0 Å². The Morgan fingerprint density at radius 2 is 1.96 bits per heavy atom. The molecule has 2 amide bonds. The number of thiophene rings is 1. The first-order valence-electron chi connectivity index (χ1n) is 9.11. The average molecular weight is 406 g/mol. The lowest BCUT2D eigenvalue weighted by atomic mass is 10.1. The second-order valence-electron chi connectivity index (χ2n) is 6.73. The summed E-state index contributed by atoms with van der Waals surface area (Å²) in [5, 5.41) is 0.961. The Morgan fingerprint density at radius 3 is 2.70 bits per heavy atom. The normalized spacial score (nSPS) is 16.9. The van der Waals surface area contributed by atoms with Gasteiger partial charge in [-0.05, 0) is 29.9 Å². The minimum atomic E-state index is -0.0651. The van der Waals surface area contributed by atoms with Gasteiger partial charge in [-0.2, -0.15) is 11.8 Å². The van der Waals surface area contributed by atoms with E-state index in [1.54, 1.807) is 28.2 Å². The first-order chi connectivity index (χ1) is 13.1. The van der Waals surface area contributed by atoms with Crippen LogP contribution in [0.1, 0.15) is 20.8 Å². The summed E-state index contributed by atoms with van der Waals surface area (Å²) in [6.45, 7) is 2.43. The summed E-state index contributed by atoms with van der Waals surface area (Å²) in [4.78, 5) is 30.5. The van der Waals surface area contributed by atoms with Gasteiger partial charge in [0, 0.05) is 43.2 Å². The molecule has 144 valence electrons. The maximum atomic E-state index is 13.3. The second-order valence-corrected chi connectivity index (χ2v) is 8.92. The molecule has 2 aromatic rings. The zero-order valence-electron chi connectivity index (χ0n) is 15.3. The molecular formula is C19H23N3O3S2. The summed E-state index contributed by atoms with van der Waals surface area (Å²) in [5.74, 6) is 1.91. The number of nitrogens with zero attached hydrogens (tertiary/aromatic N) is 3. The van der Waals surface area contributed by atoms with Crippen molar-refractivity contribution in [2.75, 3.05) is 45.6 Å². The van der Waals surface area contributed by atoms with Crippen molar-refractivity contribution in [1.82, 2.24) is 14.4 Å². The van der Waals surface area contributed by atoms with Crippen LogP contribution in [0.25, 0.3) is 5.00 Å². The molecule has 2 aliphatic rings. The lowest BCUT2D eigenvalue weighted by Gasteiger charge is -2.29. The number of aromatic nitrogens is 1. The summed E-state index contributed by atoms with van der Waals surface area (Å²) in [7, 11) is 1.72. The molecule has 0 spiro atoms. The van der Waals surface area contributed by atoms with Crippen molar-refractivity contribution in [1.29, 1.82) is 0 Å². The fourth-order valence-corrected chi connectivity index (χ4v) is 5.91. The van der Waals surface area contributed by atoms with Crippen molar-refractivity contribution >= 4 is 34.9 Å². The van der Waals surface area contributed by atoms with E-state index in [9.17, 15) is 9.59 Å². The average Bonchev–Trinajstić information content (AvgIpc) is 3.35. The van der Waals surface area contributed by atoms with Crippen LogP contribution >= 0.6 is 23.1 Å². The summed E-state index contributed by atoms with van der Waals surface area (Å²) < 4.78 is 7.32. The fourth-order valence-electron chi connectivity index (χ4n) is 3.47. The quantitative estimate of drug-likeness (QED) is 0.783. The Hall–Kier alpha value is -1.77. The number of morpholine rings is 1. The van der Waals surface area contributed by atoms with Crippen molar-refractivity contribution in [3.8, 4) is 5.00 Å². The Bertz CT molecular complexity index is 826. The van der Waals surface area contributed by atoms with E-state index in [1.807, 2.05) is 40.9 Å². The summed E-state index contributed by atoms with van der Waals surface area (Å²) in [5.41, 5.74) is 1.93. The number of amides is 2. The van der Waals surface area contributed by atoms with E-state index >= 15 is 0 Å². The molecule has 0 saturated carbocycles. The maximum absolute atomic E-state index is 13.3. The molecule has 2 aromatic heterocycles. The van der Waals surface area contributed by atoms with E-state index in [0.29, 0.717) is 26.3 Å². The fraction of sp³-hybridized carbons (Fsp3) is 0.474. The first kappa shape index (κ1) is 18.6. The molecule has 1 fully saturated rings. The molecule has 0 N–H and O–H groups in total. The van der Waals surface area contributed by atoms with Crippen LogP contribution in [0.3, 0.4) is 0 Å². The van der Waals surface area contributed by atoms with Gasteiger partial charge in [0.15, 0.2) is 0 Å². The Kier molecular flexibility index (Phi) is 5.56. The minimum Gasteiger partial charge on any atom is -0.378 e. The largest absolute Gasteiger partial charge is 0.378 e. The zero-order chi connectivity index (χ0) is 18.8. The van der Waals surface area contributed by atoms with Gasteiger partial charge in [-0.15, -0.1) is 11.3 Å². The number of carbonyl (C=O) groups excluding carboxylic acids is 2. The third-order valence-electron chi connectivity index (χ3n) is 4.94. The molecule has 0 aliphatic carbocycles. The van der Waals surface area contributed by atoms with E-state index in [4.69, 9.17) is 4.74 Å². The number of thioether (sulfide) groups is 1. The summed E-state index contributed by atoms with van der Waals surface area (Å²) in [6, 6.07) is 3.93. The summed E-state index contributed by atoms with van der Waals surface area (Å²) in [6.07, 6.45) is 4.85. The van der Waals surface area contributed by atoms with Crippen LogP contribution in [0.15, 0.2) is 24.5 Å². The van der Waals surface area contributed by atoms with E-state index in [0.717, 1.165) is 34.1 Å². The van der Waals surface area contributed by atoms with Crippen molar-refractivity contribution in [3.63, 3.8) is 0 Å². The van der Waals surface area contributed by atoms with E-state index < -0.39 is 0 Å². The molecule has 4 heterocycles. The van der Waals surface area contributed by atoms with Gasteiger partial charge in [-0.1, -0.05) is 0 Å². The first-order valence-corrected chi connectivity index (χ1v) is 11.1. The molecule has 0 unspecified atom stereocenters. The molecule has 8 heteroatoms. The molecule has 2 aliphatic heterocycles. The highest BCUT2D eigenvalue weighted by Crippen LogP contribution is 2.38. The number of ether oxygens (including phenoxy) is 1. The molecule has 0 bridgehead atoms. The van der Waals surface area contributed by atoms with Crippen molar-refractivity contribution in [2.24, 2.45) is 0 Å². The Morgan fingerprint density at radius 1 is 1.22 bits per heavy atom. The van der Waals surface area contributed by atoms with Gasteiger partial charge < -0.3 is 19.1 Å². The van der Waals surface area contributed by atoms with Crippen LogP contribution < -0.4 is 0 Å². The number of carbonyl (C=O) groups is 2. The molecular weight excluding hydrogens is 382 g/mol. The van der Waals surface area contributed by atoms with Crippen LogP contribution in [0.5, 0.6) is 0 Å². The molecule has 0 radical (unpaired) electrons. The minimum absolute atomic E-state index is 0.0173. The number of likely N-dealkylation sites (N-methyl/N-ethyl adjacent to an activating group) is 1. The monoisotopic (exact) mass is 405 g/mol. The lowest BCUT2D eigenvalue weighted by molar-refractivity contribution is -0.135. The molecule has 1 saturated heterocycles. The van der Waals surface area contributed by atoms with Crippen LogP contribution in [0.2, 0.25) is 0 Å². The van der Waals surface area contributed by atoms with Crippen molar-refractivity contribution in [2.45, 2.75) is 12.2 Å². The Balaban J connectivity index is 1.59. The van der Waals surface area contributed by atoms with Crippen LogP contribution in [-0.2, 0) is 21.7 Å². The molecule has 4 rings (SSSR count). The number of hydrogen-bond acceptors (Lipinski definition) is 5. The highest BCUT2D eigenvalue weighted by atomic mass is 32.2. The van der Waals surface area contributed by atoms with Gasteiger partial charge in [-0.3, -0.25) is 9.59 Å². The third kappa shape index (κ3) is 3.79. The van der Waals surface area contributed by atoms with Crippen molar-refractivity contribution < 1.29 is 14.3 Å². The van der Waals surface area contributed by atoms with Gasteiger partial charge in [0.25, 0.3) is 5.91 Å². The van der Waals surface area contributed by atoms with E-state index in [1.165, 1.54) is 4.88 Å². The number of fused-ring (bicyclic) bond motifs is 1. The lowest BCUT2D eigenvalue weighted by Crippen LogP contribution is -2.46. The van der Waals surface area contributed by atoms with Gasteiger partial charge in [-0.25, -0.2) is 0 Å². The highest BCUT2D eigenvalue weighted by molar-refractivity contribution is 7.98. The second kappa shape index (κ2) is 8.08. The van der Waals surface area contributed by atoms with Gasteiger partial charge in [0.1, 0.15) is 5.00 Å². The summed E-state index contributed by atoms with van der Waals surface area (Å²) >= 11 is 3.61. The highest BCUT2D eigenvalue weighted by Gasteiger charge is 2.29. The van der Waals surface area contributed by atoms with Crippen LogP contribution in [0.4, 0.5) is 0 Å². The standard InChI is InChI=1S/C19H23N3O3S2/c1-20(12-16(23)21-7-9-25-10-8-21)18(24)17-14-4-11-26-13-15(14)27-19(17)22-5-2-3-6-22/h2-3,5-6H,4,7-13H2,1H3. The van der Waals surface area contributed by atoms with E-state index in [2.05, 4.69) is 0 Å². The predicted octanol–water partition coefficient (Wildman–Crippen LogP) is 2.26. The number of rotatable bonds is 4. The van der Waals surface area contributed by atoms with Crippen LogP contribution in [-0.4, -0.2) is 71.8 Å². The van der Waals surface area contributed by atoms with Gasteiger partial charge in [0.2, 0.25) is 5.91 Å². The predicted molar refractivity (Wildman–Crippen MR) is 108 cm³/mol. The molecule has 6 nitrogen and oxygen atoms in total. The van der Waals surface area contributed by atoms with E-state index in [-0.39, 0.29) is 18.4 Å².